The highest BCUT2D eigenvalue weighted by molar-refractivity contribution is 5.75. The van der Waals surface area contributed by atoms with Crippen LogP contribution in [0.3, 0.4) is 0 Å². The SMILES string of the molecule is COC(=O)C(CN)N(C)C1CCCCCC1. The Morgan fingerprint density at radius 3 is 2.38 bits per heavy atom. The number of methoxy groups -OCH3 is 1. The molecule has 0 aromatic rings. The Bertz CT molecular complexity index is 213. The summed E-state index contributed by atoms with van der Waals surface area (Å²) < 4.78 is 4.79. The van der Waals surface area contributed by atoms with Gasteiger partial charge in [0.1, 0.15) is 6.04 Å². The maximum atomic E-state index is 11.6. The number of hydrogen-bond acceptors (Lipinski definition) is 4. The largest absolute Gasteiger partial charge is 0.468 e. The molecule has 0 aromatic heterocycles. The van der Waals surface area contributed by atoms with Crippen molar-refractivity contribution in [3.63, 3.8) is 0 Å². The van der Waals surface area contributed by atoms with Crippen molar-refractivity contribution < 1.29 is 9.53 Å². The van der Waals surface area contributed by atoms with Gasteiger partial charge in [-0.25, -0.2) is 0 Å². The lowest BCUT2D eigenvalue weighted by molar-refractivity contribution is -0.147. The summed E-state index contributed by atoms with van der Waals surface area (Å²) in [6.45, 7) is 0.333. The van der Waals surface area contributed by atoms with E-state index in [-0.39, 0.29) is 12.0 Å². The molecule has 0 aliphatic heterocycles. The number of rotatable bonds is 4. The first-order chi connectivity index (χ1) is 7.70. The second-order valence-electron chi connectivity index (χ2n) is 4.59. The second-order valence-corrected chi connectivity index (χ2v) is 4.59. The van der Waals surface area contributed by atoms with Crippen LogP contribution in [0.4, 0.5) is 0 Å². The lowest BCUT2D eigenvalue weighted by Crippen LogP contribution is -2.49. The van der Waals surface area contributed by atoms with Gasteiger partial charge in [0.2, 0.25) is 0 Å². The fourth-order valence-corrected chi connectivity index (χ4v) is 2.48. The van der Waals surface area contributed by atoms with Crippen LogP contribution in [0, 0.1) is 0 Å². The lowest BCUT2D eigenvalue weighted by Gasteiger charge is -2.32. The topological polar surface area (TPSA) is 55.6 Å². The minimum atomic E-state index is -0.284. The molecule has 0 amide bonds. The van der Waals surface area contributed by atoms with E-state index in [0.717, 1.165) is 0 Å². The molecule has 4 nitrogen and oxygen atoms in total. The predicted octanol–water partition coefficient (Wildman–Crippen LogP) is 1.14. The molecule has 2 N–H and O–H groups in total. The number of hydrogen-bond donors (Lipinski definition) is 1. The molecular weight excluding hydrogens is 204 g/mol. The summed E-state index contributed by atoms with van der Waals surface area (Å²) in [5.41, 5.74) is 5.65. The van der Waals surface area contributed by atoms with Gasteiger partial charge in [0.05, 0.1) is 7.11 Å². The summed E-state index contributed by atoms with van der Waals surface area (Å²) in [5.74, 6) is -0.214. The van der Waals surface area contributed by atoms with E-state index in [4.69, 9.17) is 10.5 Å². The monoisotopic (exact) mass is 228 g/mol. The number of likely N-dealkylation sites (N-methyl/N-ethyl adjacent to an activating group) is 1. The maximum absolute atomic E-state index is 11.6. The Labute approximate surface area is 98.1 Å². The first-order valence-corrected chi connectivity index (χ1v) is 6.20. The summed E-state index contributed by atoms with van der Waals surface area (Å²) >= 11 is 0. The van der Waals surface area contributed by atoms with Crippen LogP contribution in [-0.4, -0.2) is 43.7 Å². The minimum Gasteiger partial charge on any atom is -0.468 e. The molecule has 1 aliphatic rings. The van der Waals surface area contributed by atoms with Crippen LogP contribution in [0.25, 0.3) is 0 Å². The van der Waals surface area contributed by atoms with Crippen LogP contribution >= 0.6 is 0 Å². The fourth-order valence-electron chi connectivity index (χ4n) is 2.48. The Kier molecular flexibility index (Phi) is 5.77. The zero-order chi connectivity index (χ0) is 12.0. The molecule has 1 saturated carbocycles. The van der Waals surface area contributed by atoms with Crippen molar-refractivity contribution in [1.82, 2.24) is 4.90 Å². The molecule has 16 heavy (non-hydrogen) atoms. The van der Waals surface area contributed by atoms with Crippen LogP contribution in [0.1, 0.15) is 38.5 Å². The van der Waals surface area contributed by atoms with E-state index in [1.807, 2.05) is 7.05 Å². The number of esters is 1. The molecule has 0 radical (unpaired) electrons. The van der Waals surface area contributed by atoms with E-state index in [1.165, 1.54) is 45.6 Å². The Hall–Kier alpha value is -0.610. The summed E-state index contributed by atoms with van der Waals surface area (Å²) in [4.78, 5) is 13.7. The molecule has 94 valence electrons. The van der Waals surface area contributed by atoms with E-state index < -0.39 is 0 Å². The van der Waals surface area contributed by atoms with Crippen LogP contribution < -0.4 is 5.73 Å². The van der Waals surface area contributed by atoms with Crippen molar-refractivity contribution in [3.8, 4) is 0 Å². The van der Waals surface area contributed by atoms with Crippen molar-refractivity contribution >= 4 is 5.97 Å². The first kappa shape index (κ1) is 13.5. The number of nitrogens with two attached hydrogens (primary N) is 1. The highest BCUT2D eigenvalue weighted by Crippen LogP contribution is 2.22. The standard InChI is InChI=1S/C12H24N2O2/c1-14(11(9-13)12(15)16-2)10-7-5-3-4-6-8-10/h10-11H,3-9,13H2,1-2H3. The Morgan fingerprint density at radius 2 is 1.94 bits per heavy atom. The van der Waals surface area contributed by atoms with Crippen molar-refractivity contribution in [2.24, 2.45) is 5.73 Å². The van der Waals surface area contributed by atoms with Gasteiger partial charge in [-0.05, 0) is 19.9 Å². The van der Waals surface area contributed by atoms with E-state index in [2.05, 4.69) is 4.90 Å². The van der Waals surface area contributed by atoms with Crippen molar-refractivity contribution in [3.05, 3.63) is 0 Å². The van der Waals surface area contributed by atoms with E-state index in [1.54, 1.807) is 0 Å². The summed E-state index contributed by atoms with van der Waals surface area (Å²) in [7, 11) is 3.41. The van der Waals surface area contributed by atoms with Crippen LogP contribution in [0.15, 0.2) is 0 Å². The average molecular weight is 228 g/mol. The zero-order valence-electron chi connectivity index (χ0n) is 10.4. The molecule has 1 unspecified atom stereocenters. The van der Waals surface area contributed by atoms with Gasteiger partial charge < -0.3 is 10.5 Å². The average Bonchev–Trinajstić information content (AvgIpc) is 2.58. The van der Waals surface area contributed by atoms with Gasteiger partial charge in [0.25, 0.3) is 0 Å². The Morgan fingerprint density at radius 1 is 1.38 bits per heavy atom. The first-order valence-electron chi connectivity index (χ1n) is 6.20. The lowest BCUT2D eigenvalue weighted by atomic mass is 10.1. The third-order valence-electron chi connectivity index (χ3n) is 3.59. The highest BCUT2D eigenvalue weighted by atomic mass is 16.5. The summed E-state index contributed by atoms with van der Waals surface area (Å²) in [6.07, 6.45) is 7.49. The molecule has 0 bridgehead atoms. The molecule has 0 saturated heterocycles. The molecule has 0 spiro atoms. The third-order valence-corrected chi connectivity index (χ3v) is 3.59. The number of ether oxygens (including phenoxy) is 1. The van der Waals surface area contributed by atoms with Crippen LogP contribution in [0.5, 0.6) is 0 Å². The molecule has 1 fully saturated rings. The van der Waals surface area contributed by atoms with Crippen LogP contribution in [-0.2, 0) is 9.53 Å². The van der Waals surface area contributed by atoms with E-state index in [9.17, 15) is 4.79 Å². The molecule has 1 aliphatic carbocycles. The van der Waals surface area contributed by atoms with Crippen LogP contribution in [0.2, 0.25) is 0 Å². The molecule has 0 aromatic carbocycles. The van der Waals surface area contributed by atoms with E-state index in [0.29, 0.717) is 12.6 Å². The van der Waals surface area contributed by atoms with E-state index >= 15 is 0 Å². The summed E-state index contributed by atoms with van der Waals surface area (Å²) in [6, 6.07) is 0.197. The number of carbonyl (C=O) groups is 1. The van der Waals surface area contributed by atoms with Gasteiger partial charge in [-0.1, -0.05) is 25.7 Å². The van der Waals surface area contributed by atoms with Crippen molar-refractivity contribution in [2.45, 2.75) is 50.6 Å². The predicted molar refractivity (Wildman–Crippen MR) is 64.1 cm³/mol. The summed E-state index contributed by atoms with van der Waals surface area (Å²) in [5, 5.41) is 0. The molecular formula is C12H24N2O2. The fraction of sp³-hybridized carbons (Fsp3) is 0.917. The highest BCUT2D eigenvalue weighted by Gasteiger charge is 2.28. The maximum Gasteiger partial charge on any atom is 0.324 e. The molecule has 1 atom stereocenters. The Balaban J connectivity index is 2.57. The van der Waals surface area contributed by atoms with Crippen molar-refractivity contribution in [2.75, 3.05) is 20.7 Å². The second kappa shape index (κ2) is 6.86. The van der Waals surface area contributed by atoms with Gasteiger partial charge in [-0.3, -0.25) is 9.69 Å². The van der Waals surface area contributed by atoms with Gasteiger partial charge in [-0.2, -0.15) is 0 Å². The number of carbonyl (C=O) groups excluding carboxylic acids is 1. The molecule has 4 heteroatoms. The number of nitrogens with zero attached hydrogens (tertiary/aromatic N) is 1. The van der Waals surface area contributed by atoms with Gasteiger partial charge >= 0.3 is 5.97 Å². The van der Waals surface area contributed by atoms with Gasteiger partial charge in [-0.15, -0.1) is 0 Å². The quantitative estimate of drug-likeness (QED) is 0.579. The smallest absolute Gasteiger partial charge is 0.324 e. The van der Waals surface area contributed by atoms with Crippen molar-refractivity contribution in [1.29, 1.82) is 0 Å². The third kappa shape index (κ3) is 3.46. The normalized spacial score (nSPS) is 20.5. The molecule has 1 rings (SSSR count). The van der Waals surface area contributed by atoms with Gasteiger partial charge in [0, 0.05) is 12.6 Å². The molecule has 0 heterocycles. The zero-order valence-corrected chi connectivity index (χ0v) is 10.4. The minimum absolute atomic E-state index is 0.214. The van der Waals surface area contributed by atoms with Gasteiger partial charge in [0.15, 0.2) is 0 Å².